The van der Waals surface area contributed by atoms with Crippen molar-refractivity contribution < 1.29 is 4.79 Å². The third-order valence-corrected chi connectivity index (χ3v) is 5.40. The van der Waals surface area contributed by atoms with E-state index in [0.717, 1.165) is 28.2 Å². The third kappa shape index (κ3) is 5.41. The minimum atomic E-state index is -0.0573. The molecule has 130 valence electrons. The Kier molecular flexibility index (Phi) is 6.36. The molecule has 3 rings (SSSR count). The number of pyridine rings is 1. The van der Waals surface area contributed by atoms with Gasteiger partial charge in [-0.15, -0.1) is 23.1 Å². The first kappa shape index (κ1) is 18.1. The zero-order valence-corrected chi connectivity index (χ0v) is 15.5. The highest BCUT2D eigenvalue weighted by molar-refractivity contribution is 7.99. The molecule has 2 aromatic heterocycles. The lowest BCUT2D eigenvalue weighted by atomic mass is 10.1. The number of nitriles is 1. The van der Waals surface area contributed by atoms with Crippen molar-refractivity contribution in [3.63, 3.8) is 0 Å². The van der Waals surface area contributed by atoms with Crippen LogP contribution >= 0.6 is 23.1 Å². The summed E-state index contributed by atoms with van der Waals surface area (Å²) in [5, 5.41) is 12.3. The molecule has 3 aromatic rings. The lowest BCUT2D eigenvalue weighted by Crippen LogP contribution is -2.13. The van der Waals surface area contributed by atoms with Crippen molar-refractivity contribution in [2.75, 3.05) is 11.1 Å². The summed E-state index contributed by atoms with van der Waals surface area (Å²) in [5.74, 6) is 1.07. The van der Waals surface area contributed by atoms with Gasteiger partial charge in [-0.05, 0) is 29.3 Å². The molecule has 0 atom stereocenters. The Bertz CT molecular complexity index is 901. The van der Waals surface area contributed by atoms with Crippen LogP contribution in [0.5, 0.6) is 0 Å². The predicted molar refractivity (Wildman–Crippen MR) is 105 cm³/mol. The van der Waals surface area contributed by atoms with Crippen LogP contribution in [0.4, 0.5) is 5.13 Å². The van der Waals surface area contributed by atoms with Gasteiger partial charge >= 0.3 is 0 Å². The van der Waals surface area contributed by atoms with Gasteiger partial charge in [0.1, 0.15) is 0 Å². The van der Waals surface area contributed by atoms with Crippen molar-refractivity contribution in [1.82, 2.24) is 9.97 Å². The van der Waals surface area contributed by atoms with Crippen LogP contribution in [0.15, 0.2) is 55.0 Å². The maximum absolute atomic E-state index is 12.0. The van der Waals surface area contributed by atoms with Crippen LogP contribution in [0.25, 0.3) is 0 Å². The van der Waals surface area contributed by atoms with Crippen LogP contribution in [0.2, 0.25) is 0 Å². The number of hydrogen-bond donors (Lipinski definition) is 1. The summed E-state index contributed by atoms with van der Waals surface area (Å²) in [6, 6.07) is 13.5. The van der Waals surface area contributed by atoms with E-state index in [1.807, 2.05) is 24.3 Å². The zero-order valence-electron chi connectivity index (χ0n) is 13.9. The van der Waals surface area contributed by atoms with E-state index in [1.54, 1.807) is 42.5 Å². The average Bonchev–Trinajstić information content (AvgIpc) is 3.10. The van der Waals surface area contributed by atoms with Crippen molar-refractivity contribution in [2.45, 2.75) is 12.2 Å². The molecule has 0 bridgehead atoms. The number of carbonyl (C=O) groups excluding carboxylic acids is 1. The fraction of sp³-hybridized carbons (Fsp3) is 0.158. The summed E-state index contributed by atoms with van der Waals surface area (Å²) < 4.78 is 0. The lowest BCUT2D eigenvalue weighted by molar-refractivity contribution is -0.113. The summed E-state index contributed by atoms with van der Waals surface area (Å²) in [7, 11) is 0. The molecular formula is C19H16N4OS2. The molecule has 2 heterocycles. The second-order valence-electron chi connectivity index (χ2n) is 5.52. The normalized spacial score (nSPS) is 10.3. The van der Waals surface area contributed by atoms with Gasteiger partial charge in [0, 0.05) is 35.6 Å². The predicted octanol–water partition coefficient (Wildman–Crippen LogP) is 3.87. The molecule has 0 aliphatic rings. The van der Waals surface area contributed by atoms with E-state index in [1.165, 1.54) is 11.3 Å². The molecule has 5 nitrogen and oxygen atoms in total. The van der Waals surface area contributed by atoms with Gasteiger partial charge in [0.05, 0.1) is 17.4 Å². The zero-order chi connectivity index (χ0) is 18.2. The maximum atomic E-state index is 12.0. The minimum absolute atomic E-state index is 0.0573. The first-order valence-electron chi connectivity index (χ1n) is 7.93. The third-order valence-electron chi connectivity index (χ3n) is 3.49. The van der Waals surface area contributed by atoms with Gasteiger partial charge < -0.3 is 5.32 Å². The molecule has 0 radical (unpaired) electrons. The van der Waals surface area contributed by atoms with Crippen molar-refractivity contribution in [3.05, 3.63) is 76.6 Å². The van der Waals surface area contributed by atoms with Gasteiger partial charge in [-0.1, -0.05) is 18.2 Å². The van der Waals surface area contributed by atoms with Crippen LogP contribution in [0, 0.1) is 11.3 Å². The summed E-state index contributed by atoms with van der Waals surface area (Å²) in [6.07, 6.45) is 6.05. The number of thioether (sulfide) groups is 1. The Morgan fingerprint density at radius 3 is 2.77 bits per heavy atom. The van der Waals surface area contributed by atoms with E-state index in [-0.39, 0.29) is 5.91 Å². The molecule has 1 aromatic carbocycles. The maximum Gasteiger partial charge on any atom is 0.236 e. The number of hydrogen-bond acceptors (Lipinski definition) is 6. The Morgan fingerprint density at radius 2 is 2.04 bits per heavy atom. The first-order valence-corrected chi connectivity index (χ1v) is 9.90. The highest BCUT2D eigenvalue weighted by Gasteiger charge is 2.08. The summed E-state index contributed by atoms with van der Waals surface area (Å²) in [6.45, 7) is 0. The van der Waals surface area contributed by atoms with Crippen molar-refractivity contribution in [2.24, 2.45) is 0 Å². The molecule has 0 saturated carbocycles. The van der Waals surface area contributed by atoms with E-state index >= 15 is 0 Å². The topological polar surface area (TPSA) is 78.7 Å². The second kappa shape index (κ2) is 9.13. The highest BCUT2D eigenvalue weighted by Crippen LogP contribution is 2.22. The number of amides is 1. The van der Waals surface area contributed by atoms with E-state index in [4.69, 9.17) is 5.26 Å². The number of nitrogens with zero attached hydrogens (tertiary/aromatic N) is 3. The molecule has 0 aliphatic carbocycles. The van der Waals surface area contributed by atoms with E-state index < -0.39 is 0 Å². The summed E-state index contributed by atoms with van der Waals surface area (Å²) in [5.41, 5.74) is 2.86. The molecule has 0 aliphatic heterocycles. The van der Waals surface area contributed by atoms with Crippen LogP contribution in [0.1, 0.15) is 21.6 Å². The van der Waals surface area contributed by atoms with Crippen LogP contribution < -0.4 is 5.32 Å². The van der Waals surface area contributed by atoms with Gasteiger partial charge in [0.2, 0.25) is 5.91 Å². The molecule has 1 amide bonds. The molecule has 0 unspecified atom stereocenters. The second-order valence-corrected chi connectivity index (χ2v) is 7.62. The molecule has 1 N–H and O–H groups in total. The molecule has 0 saturated heterocycles. The SMILES string of the molecule is N#Cc1ccc(Cc2cnc(NC(=O)CSCc3cccnc3)s2)cc1. The fourth-order valence-corrected chi connectivity index (χ4v) is 3.87. The van der Waals surface area contributed by atoms with Gasteiger partial charge in [0.15, 0.2) is 5.13 Å². The van der Waals surface area contributed by atoms with Gasteiger partial charge in [-0.2, -0.15) is 5.26 Å². The Hall–Kier alpha value is -2.69. The summed E-state index contributed by atoms with van der Waals surface area (Å²) >= 11 is 3.01. The Balaban J connectivity index is 1.46. The smallest absolute Gasteiger partial charge is 0.236 e. The number of carbonyl (C=O) groups is 1. The van der Waals surface area contributed by atoms with Crippen molar-refractivity contribution in [3.8, 4) is 6.07 Å². The number of aromatic nitrogens is 2. The van der Waals surface area contributed by atoms with Crippen LogP contribution in [-0.4, -0.2) is 21.6 Å². The number of anilines is 1. The highest BCUT2D eigenvalue weighted by atomic mass is 32.2. The molecule has 0 fully saturated rings. The molecular weight excluding hydrogens is 364 g/mol. The minimum Gasteiger partial charge on any atom is -0.301 e. The quantitative estimate of drug-likeness (QED) is 0.673. The molecule has 26 heavy (non-hydrogen) atoms. The van der Waals surface area contributed by atoms with Crippen molar-refractivity contribution >= 4 is 34.1 Å². The molecule has 7 heteroatoms. The van der Waals surface area contributed by atoms with Crippen LogP contribution in [-0.2, 0) is 17.0 Å². The standard InChI is InChI=1S/C19H16N4OS2/c20-9-15-5-3-14(4-6-15)8-17-11-22-19(26-17)23-18(24)13-25-12-16-2-1-7-21-10-16/h1-7,10-11H,8,12-13H2,(H,22,23,24). The van der Waals surface area contributed by atoms with Crippen LogP contribution in [0.3, 0.4) is 0 Å². The average molecular weight is 380 g/mol. The Labute approximate surface area is 160 Å². The number of benzene rings is 1. The number of thiazole rings is 1. The van der Waals surface area contributed by atoms with E-state index in [0.29, 0.717) is 16.4 Å². The lowest BCUT2D eigenvalue weighted by Gasteiger charge is -2.02. The van der Waals surface area contributed by atoms with E-state index in [2.05, 4.69) is 21.4 Å². The summed E-state index contributed by atoms with van der Waals surface area (Å²) in [4.78, 5) is 21.4. The van der Waals surface area contributed by atoms with Gasteiger partial charge in [0.25, 0.3) is 0 Å². The van der Waals surface area contributed by atoms with Gasteiger partial charge in [-0.25, -0.2) is 4.98 Å². The van der Waals surface area contributed by atoms with Crippen molar-refractivity contribution in [1.29, 1.82) is 5.26 Å². The largest absolute Gasteiger partial charge is 0.301 e. The number of nitrogens with one attached hydrogen (secondary N) is 1. The fourth-order valence-electron chi connectivity index (χ4n) is 2.25. The molecule has 0 spiro atoms. The van der Waals surface area contributed by atoms with Gasteiger partial charge in [-0.3, -0.25) is 9.78 Å². The Morgan fingerprint density at radius 1 is 1.19 bits per heavy atom. The number of rotatable bonds is 7. The monoisotopic (exact) mass is 380 g/mol. The van der Waals surface area contributed by atoms with E-state index in [9.17, 15) is 4.79 Å². The first-order chi connectivity index (χ1) is 12.7.